The summed E-state index contributed by atoms with van der Waals surface area (Å²) in [6, 6.07) is 6.44. The number of nitrogens with one attached hydrogen (secondary N) is 2. The highest BCUT2D eigenvalue weighted by molar-refractivity contribution is 5.94. The van der Waals surface area contributed by atoms with E-state index in [0.717, 1.165) is 63.5 Å². The number of methoxy groups -OCH3 is 2. The molecule has 0 saturated heterocycles. The van der Waals surface area contributed by atoms with Gasteiger partial charge in [-0.15, -0.1) is 0 Å². The number of aryl methyl sites for hydroxylation is 1. The normalized spacial score (nSPS) is 23.3. The Labute approximate surface area is 138 Å². The summed E-state index contributed by atoms with van der Waals surface area (Å²) in [6.45, 7) is 3.42. The van der Waals surface area contributed by atoms with Crippen LogP contribution in [0.4, 0.5) is 0 Å². The number of hydrogen-bond donors (Lipinski definition) is 2. The largest absolute Gasteiger partial charge is 0.497 e. The Bertz CT molecular complexity index is 573. The second-order valence-corrected chi connectivity index (χ2v) is 6.21. The molecule has 2 N–H and O–H groups in total. The summed E-state index contributed by atoms with van der Waals surface area (Å²) in [5.41, 5.74) is 2.56. The van der Waals surface area contributed by atoms with Crippen molar-refractivity contribution in [3.8, 4) is 5.75 Å². The topological polar surface area (TPSA) is 54.9 Å². The molecule has 1 unspecified atom stereocenters. The van der Waals surface area contributed by atoms with Crippen molar-refractivity contribution in [3.05, 3.63) is 29.3 Å². The molecule has 1 atom stereocenters. The third-order valence-electron chi connectivity index (χ3n) is 4.80. The highest BCUT2D eigenvalue weighted by Crippen LogP contribution is 2.38. The van der Waals surface area contributed by atoms with Crippen molar-refractivity contribution >= 4 is 5.84 Å². The third kappa shape index (κ3) is 3.21. The first kappa shape index (κ1) is 16.3. The lowest BCUT2D eigenvalue weighted by Gasteiger charge is -2.43. The van der Waals surface area contributed by atoms with E-state index in [4.69, 9.17) is 14.5 Å². The van der Waals surface area contributed by atoms with Crippen LogP contribution in [-0.2, 0) is 16.7 Å². The molecule has 23 heavy (non-hydrogen) atoms. The molecule has 2 aliphatic rings. The first-order valence-corrected chi connectivity index (χ1v) is 8.50. The maximum Gasteiger partial charge on any atom is 0.121 e. The predicted octanol–water partition coefficient (Wildman–Crippen LogP) is 1.85. The fourth-order valence-corrected chi connectivity index (χ4v) is 3.71. The predicted molar refractivity (Wildman–Crippen MR) is 92.4 cm³/mol. The molecule has 0 bridgehead atoms. The Hall–Kier alpha value is -1.59. The zero-order valence-electron chi connectivity index (χ0n) is 14.2. The lowest BCUT2D eigenvalue weighted by molar-refractivity contribution is 0.195. The van der Waals surface area contributed by atoms with E-state index in [0.29, 0.717) is 0 Å². The number of benzene rings is 1. The van der Waals surface area contributed by atoms with E-state index in [2.05, 4.69) is 28.8 Å². The average Bonchev–Trinajstić information content (AvgIpc) is 2.60. The minimum atomic E-state index is -0.162. The van der Waals surface area contributed by atoms with Crippen LogP contribution in [0.15, 0.2) is 23.2 Å². The smallest absolute Gasteiger partial charge is 0.121 e. The van der Waals surface area contributed by atoms with Crippen LogP contribution in [0.5, 0.6) is 5.75 Å². The van der Waals surface area contributed by atoms with Crippen molar-refractivity contribution in [1.82, 2.24) is 10.6 Å². The molecule has 0 amide bonds. The van der Waals surface area contributed by atoms with E-state index in [1.54, 1.807) is 14.2 Å². The second-order valence-electron chi connectivity index (χ2n) is 6.21. The number of aliphatic imine (C=N–C) groups is 1. The number of fused-ring (bicyclic) bond motifs is 2. The van der Waals surface area contributed by atoms with Crippen LogP contribution in [0.2, 0.25) is 0 Å². The number of amidine groups is 1. The Balaban J connectivity index is 1.87. The molecule has 1 aliphatic carbocycles. The zero-order chi connectivity index (χ0) is 16.1. The van der Waals surface area contributed by atoms with E-state index < -0.39 is 0 Å². The number of nitrogens with zero attached hydrogens (tertiary/aromatic N) is 1. The van der Waals surface area contributed by atoms with E-state index in [1.165, 1.54) is 11.1 Å². The van der Waals surface area contributed by atoms with E-state index in [1.807, 2.05) is 0 Å². The van der Waals surface area contributed by atoms with Crippen molar-refractivity contribution in [2.45, 2.75) is 31.2 Å². The van der Waals surface area contributed by atoms with E-state index in [9.17, 15) is 0 Å². The van der Waals surface area contributed by atoms with Gasteiger partial charge in [0.1, 0.15) is 17.1 Å². The van der Waals surface area contributed by atoms with Crippen LogP contribution in [0.3, 0.4) is 0 Å². The van der Waals surface area contributed by atoms with Crippen LogP contribution in [-0.4, -0.2) is 46.3 Å². The van der Waals surface area contributed by atoms with Gasteiger partial charge in [-0.1, -0.05) is 6.07 Å². The summed E-state index contributed by atoms with van der Waals surface area (Å²) in [4.78, 5) is 4.82. The first-order valence-electron chi connectivity index (χ1n) is 8.50. The van der Waals surface area contributed by atoms with Gasteiger partial charge in [-0.2, -0.15) is 0 Å². The Morgan fingerprint density at radius 2 is 2.26 bits per heavy atom. The van der Waals surface area contributed by atoms with Crippen LogP contribution in [0.25, 0.3) is 0 Å². The number of rotatable bonds is 5. The molecule has 0 radical (unpaired) electrons. The standard InChI is InChI=1S/C18H27N3O2/c1-22-12-4-9-19-17-18(21-11-10-20-17)8-3-5-14-13-15(23-2)6-7-16(14)18/h6-7,13,21H,3-5,8-12H2,1-2H3,(H,19,20). The molecule has 3 rings (SSSR count). The van der Waals surface area contributed by atoms with Crippen LogP contribution in [0.1, 0.15) is 30.4 Å². The van der Waals surface area contributed by atoms with Crippen LogP contribution in [0, 0.1) is 0 Å². The summed E-state index contributed by atoms with van der Waals surface area (Å²) in [5, 5.41) is 7.32. The lowest BCUT2D eigenvalue weighted by atomic mass is 9.74. The Kier molecular flexibility index (Phi) is 5.18. The summed E-state index contributed by atoms with van der Waals surface area (Å²) in [5.74, 6) is 2.02. The van der Waals surface area contributed by atoms with Gasteiger partial charge in [-0.05, 0) is 48.9 Å². The first-order chi connectivity index (χ1) is 11.3. The van der Waals surface area contributed by atoms with Gasteiger partial charge >= 0.3 is 0 Å². The van der Waals surface area contributed by atoms with Gasteiger partial charge in [0.15, 0.2) is 0 Å². The van der Waals surface area contributed by atoms with Gasteiger partial charge in [0.25, 0.3) is 0 Å². The SMILES string of the molecule is COCCCNC1=NCCNC12CCCc1cc(OC)ccc12. The molecule has 1 aromatic carbocycles. The van der Waals surface area contributed by atoms with E-state index in [-0.39, 0.29) is 5.54 Å². The number of hydrogen-bond acceptors (Lipinski definition) is 5. The minimum absolute atomic E-state index is 0.162. The fraction of sp³-hybridized carbons (Fsp3) is 0.611. The van der Waals surface area contributed by atoms with E-state index >= 15 is 0 Å². The van der Waals surface area contributed by atoms with Crippen LogP contribution < -0.4 is 15.4 Å². The Morgan fingerprint density at radius 3 is 3.09 bits per heavy atom. The molecule has 5 heteroatoms. The van der Waals surface area contributed by atoms with Crippen molar-refractivity contribution in [3.63, 3.8) is 0 Å². The summed E-state index contributed by atoms with van der Waals surface area (Å²) >= 11 is 0. The van der Waals surface area contributed by atoms with Gasteiger partial charge in [0.2, 0.25) is 0 Å². The molecule has 0 saturated carbocycles. The molecular weight excluding hydrogens is 290 g/mol. The van der Waals surface area contributed by atoms with Crippen molar-refractivity contribution < 1.29 is 9.47 Å². The van der Waals surface area contributed by atoms with Gasteiger partial charge in [0, 0.05) is 26.8 Å². The highest BCUT2D eigenvalue weighted by atomic mass is 16.5. The molecule has 1 heterocycles. The van der Waals surface area contributed by atoms with Crippen molar-refractivity contribution in [2.24, 2.45) is 4.99 Å². The fourth-order valence-electron chi connectivity index (χ4n) is 3.71. The van der Waals surface area contributed by atoms with Gasteiger partial charge in [-0.3, -0.25) is 10.3 Å². The van der Waals surface area contributed by atoms with Crippen molar-refractivity contribution in [2.75, 3.05) is 40.5 Å². The summed E-state index contributed by atoms with van der Waals surface area (Å²) in [6.07, 6.45) is 4.34. The maximum atomic E-state index is 5.39. The molecule has 1 spiro atoms. The monoisotopic (exact) mass is 317 g/mol. The molecule has 5 nitrogen and oxygen atoms in total. The van der Waals surface area contributed by atoms with Crippen LogP contribution >= 0.6 is 0 Å². The Morgan fingerprint density at radius 1 is 1.35 bits per heavy atom. The highest BCUT2D eigenvalue weighted by Gasteiger charge is 2.42. The molecule has 1 aromatic rings. The van der Waals surface area contributed by atoms with Gasteiger partial charge < -0.3 is 14.8 Å². The quantitative estimate of drug-likeness (QED) is 0.814. The molecular formula is C18H27N3O2. The van der Waals surface area contributed by atoms with Crippen molar-refractivity contribution in [1.29, 1.82) is 0 Å². The second kappa shape index (κ2) is 7.32. The number of ether oxygens (including phenoxy) is 2. The third-order valence-corrected chi connectivity index (χ3v) is 4.80. The average molecular weight is 317 g/mol. The minimum Gasteiger partial charge on any atom is -0.497 e. The summed E-state index contributed by atoms with van der Waals surface area (Å²) in [7, 11) is 3.47. The maximum absolute atomic E-state index is 5.39. The summed E-state index contributed by atoms with van der Waals surface area (Å²) < 4.78 is 10.5. The molecule has 1 aliphatic heterocycles. The lowest BCUT2D eigenvalue weighted by Crippen LogP contribution is -2.59. The van der Waals surface area contributed by atoms with Gasteiger partial charge in [-0.25, -0.2) is 0 Å². The zero-order valence-corrected chi connectivity index (χ0v) is 14.2. The molecule has 126 valence electrons. The molecule has 0 aromatic heterocycles. The molecule has 0 fully saturated rings. The van der Waals surface area contributed by atoms with Gasteiger partial charge in [0.05, 0.1) is 13.7 Å².